The fourth-order valence-electron chi connectivity index (χ4n) is 5.49. The first-order valence-corrected chi connectivity index (χ1v) is 8.74. The summed E-state index contributed by atoms with van der Waals surface area (Å²) in [6.45, 7) is 7.03. The predicted octanol–water partition coefficient (Wildman–Crippen LogP) is 5.40. The molecule has 1 nitrogen and oxygen atoms in total. The van der Waals surface area contributed by atoms with Crippen molar-refractivity contribution in [3.05, 3.63) is 46.5 Å². The molecule has 0 saturated heterocycles. The minimum Gasteiger partial charge on any atom is -0.299 e. The molecule has 2 fully saturated rings. The van der Waals surface area contributed by atoms with Gasteiger partial charge in [-0.2, -0.15) is 0 Å². The predicted molar refractivity (Wildman–Crippen MR) is 90.0 cm³/mol. The molecule has 22 heavy (non-hydrogen) atoms. The quantitative estimate of drug-likeness (QED) is 0.635. The largest absolute Gasteiger partial charge is 0.299 e. The molecule has 5 rings (SSSR count). The molecule has 0 spiro atoms. The summed E-state index contributed by atoms with van der Waals surface area (Å²) in [4.78, 5) is 12.7. The van der Waals surface area contributed by atoms with Gasteiger partial charge < -0.3 is 0 Å². The molecule has 0 radical (unpaired) electrons. The van der Waals surface area contributed by atoms with Gasteiger partial charge in [-0.05, 0) is 41.4 Å². The number of hydrogen-bond donors (Lipinski definition) is 0. The summed E-state index contributed by atoms with van der Waals surface area (Å²) >= 11 is 6.02. The highest BCUT2D eigenvalue weighted by atomic mass is 35.5. The first kappa shape index (κ1) is 14.5. The monoisotopic (exact) mass is 314 g/mol. The Labute approximate surface area is 137 Å². The standard InChI is InChI=1S/C20H23ClO/c1-19(2)9-4-10-20(3)15(19)11-14-16(17(20)18(14)22)12-5-7-13(21)8-6-12/h5-8,11,14,16-17H,4,9-10H2,1-3H3. The van der Waals surface area contributed by atoms with Gasteiger partial charge in [0.15, 0.2) is 0 Å². The highest BCUT2D eigenvalue weighted by Gasteiger charge is 2.63. The lowest BCUT2D eigenvalue weighted by atomic mass is 9.41. The Kier molecular flexibility index (Phi) is 2.95. The Bertz CT molecular complexity index is 669. The van der Waals surface area contributed by atoms with Gasteiger partial charge in [-0.15, -0.1) is 0 Å². The summed E-state index contributed by atoms with van der Waals surface area (Å²) in [7, 11) is 0. The molecule has 0 aliphatic heterocycles. The van der Waals surface area contributed by atoms with E-state index >= 15 is 0 Å². The lowest BCUT2D eigenvalue weighted by Crippen LogP contribution is -2.59. The molecule has 0 aromatic heterocycles. The van der Waals surface area contributed by atoms with Crippen molar-refractivity contribution >= 4 is 17.4 Å². The average Bonchev–Trinajstić information content (AvgIpc) is 2.45. The third kappa shape index (κ3) is 1.75. The molecular formula is C20H23ClO. The van der Waals surface area contributed by atoms with Gasteiger partial charge in [0.05, 0.1) is 0 Å². The maximum absolute atomic E-state index is 12.7. The summed E-state index contributed by atoms with van der Waals surface area (Å²) in [5.74, 6) is 1.07. The number of rotatable bonds is 1. The molecule has 0 N–H and O–H groups in total. The molecule has 0 amide bonds. The van der Waals surface area contributed by atoms with Crippen molar-refractivity contribution in [2.45, 2.75) is 46.0 Å². The van der Waals surface area contributed by atoms with E-state index in [-0.39, 0.29) is 22.7 Å². The summed E-state index contributed by atoms with van der Waals surface area (Å²) in [5.41, 5.74) is 3.12. The Morgan fingerprint density at radius 2 is 1.77 bits per heavy atom. The summed E-state index contributed by atoms with van der Waals surface area (Å²) < 4.78 is 0. The first-order chi connectivity index (χ1) is 10.3. The lowest BCUT2D eigenvalue weighted by Gasteiger charge is -2.61. The van der Waals surface area contributed by atoms with E-state index in [1.54, 1.807) is 5.57 Å². The number of Topliss-reactive ketones (excluding diaryl/α,β-unsaturated/α-hetero) is 1. The minimum atomic E-state index is 0.0535. The molecule has 1 aromatic carbocycles. The first-order valence-electron chi connectivity index (χ1n) is 8.36. The van der Waals surface area contributed by atoms with Crippen molar-refractivity contribution in [1.82, 2.24) is 0 Å². The second kappa shape index (κ2) is 4.47. The van der Waals surface area contributed by atoms with E-state index in [1.165, 1.54) is 18.4 Å². The van der Waals surface area contributed by atoms with Crippen molar-refractivity contribution in [2.75, 3.05) is 0 Å². The van der Waals surface area contributed by atoms with Gasteiger partial charge >= 0.3 is 0 Å². The molecule has 2 bridgehead atoms. The van der Waals surface area contributed by atoms with Gasteiger partial charge in [0, 0.05) is 22.8 Å². The smallest absolute Gasteiger partial charge is 0.144 e. The lowest BCUT2D eigenvalue weighted by molar-refractivity contribution is -0.145. The molecule has 1 aromatic rings. The van der Waals surface area contributed by atoms with Crippen molar-refractivity contribution in [2.24, 2.45) is 22.7 Å². The van der Waals surface area contributed by atoms with Crippen LogP contribution in [0.25, 0.3) is 0 Å². The van der Waals surface area contributed by atoms with Crippen LogP contribution in [-0.4, -0.2) is 5.78 Å². The Hall–Kier alpha value is -1.08. The number of carbonyl (C=O) groups excluding carboxylic acids is 1. The maximum atomic E-state index is 12.7. The van der Waals surface area contributed by atoms with E-state index in [4.69, 9.17) is 11.6 Å². The topological polar surface area (TPSA) is 17.1 Å². The van der Waals surface area contributed by atoms with Crippen LogP contribution in [0.4, 0.5) is 0 Å². The number of benzene rings is 1. The SMILES string of the molecule is CC1(C)CCCC2(C)C1=CC1C(=O)C2C1c1ccc(Cl)cc1. The van der Waals surface area contributed by atoms with Crippen LogP contribution in [0, 0.1) is 22.7 Å². The number of carbonyl (C=O) groups is 1. The molecule has 2 saturated carbocycles. The Morgan fingerprint density at radius 1 is 1.09 bits per heavy atom. The van der Waals surface area contributed by atoms with Crippen LogP contribution in [0.5, 0.6) is 0 Å². The van der Waals surface area contributed by atoms with Crippen LogP contribution >= 0.6 is 11.6 Å². The molecule has 4 atom stereocenters. The number of allylic oxidation sites excluding steroid dienone is 2. The maximum Gasteiger partial charge on any atom is 0.144 e. The van der Waals surface area contributed by atoms with Crippen LogP contribution in [0.15, 0.2) is 35.9 Å². The zero-order valence-corrected chi connectivity index (χ0v) is 14.3. The van der Waals surface area contributed by atoms with Crippen LogP contribution in [0.3, 0.4) is 0 Å². The van der Waals surface area contributed by atoms with E-state index < -0.39 is 0 Å². The molecule has 4 unspecified atom stereocenters. The molecule has 0 heterocycles. The molecular weight excluding hydrogens is 292 g/mol. The van der Waals surface area contributed by atoms with Crippen LogP contribution in [0.1, 0.15) is 51.5 Å². The fourth-order valence-corrected chi connectivity index (χ4v) is 5.62. The van der Waals surface area contributed by atoms with E-state index in [2.05, 4.69) is 39.0 Å². The van der Waals surface area contributed by atoms with Gasteiger partial charge in [0.1, 0.15) is 5.78 Å². The molecule has 4 aliphatic rings. The summed E-state index contributed by atoms with van der Waals surface area (Å²) in [5, 5.41) is 0.765. The normalized spacial score (nSPS) is 38.8. The van der Waals surface area contributed by atoms with Gasteiger partial charge in [-0.1, -0.05) is 62.6 Å². The third-order valence-electron chi connectivity index (χ3n) is 6.51. The van der Waals surface area contributed by atoms with Crippen LogP contribution in [0.2, 0.25) is 5.02 Å². The van der Waals surface area contributed by atoms with Gasteiger partial charge in [0.25, 0.3) is 0 Å². The van der Waals surface area contributed by atoms with E-state index in [0.717, 1.165) is 11.4 Å². The zero-order chi connectivity index (χ0) is 15.7. The van der Waals surface area contributed by atoms with Crippen LogP contribution < -0.4 is 0 Å². The van der Waals surface area contributed by atoms with E-state index in [0.29, 0.717) is 11.7 Å². The number of ketones is 1. The number of halogens is 1. The van der Waals surface area contributed by atoms with Crippen molar-refractivity contribution < 1.29 is 4.79 Å². The van der Waals surface area contributed by atoms with E-state index in [9.17, 15) is 4.79 Å². The van der Waals surface area contributed by atoms with Gasteiger partial charge in [0.2, 0.25) is 0 Å². The van der Waals surface area contributed by atoms with Crippen molar-refractivity contribution in [1.29, 1.82) is 0 Å². The Morgan fingerprint density at radius 3 is 2.45 bits per heavy atom. The van der Waals surface area contributed by atoms with Gasteiger partial charge in [-0.3, -0.25) is 4.79 Å². The van der Waals surface area contributed by atoms with Crippen molar-refractivity contribution in [3.63, 3.8) is 0 Å². The second-order valence-electron chi connectivity index (χ2n) is 8.22. The van der Waals surface area contributed by atoms with E-state index in [1.807, 2.05) is 12.1 Å². The van der Waals surface area contributed by atoms with Crippen LogP contribution in [-0.2, 0) is 4.79 Å². The summed E-state index contributed by atoms with van der Waals surface area (Å²) in [6.07, 6.45) is 5.95. The second-order valence-corrected chi connectivity index (χ2v) is 8.65. The molecule has 116 valence electrons. The molecule has 4 aliphatic carbocycles. The minimum absolute atomic E-state index is 0.0535. The third-order valence-corrected chi connectivity index (χ3v) is 6.76. The van der Waals surface area contributed by atoms with Crippen molar-refractivity contribution in [3.8, 4) is 0 Å². The number of hydrogen-bond acceptors (Lipinski definition) is 1. The van der Waals surface area contributed by atoms with Gasteiger partial charge in [-0.25, -0.2) is 0 Å². The average molecular weight is 315 g/mol. The highest BCUT2D eigenvalue weighted by Crippen LogP contribution is 2.67. The fraction of sp³-hybridized carbons (Fsp3) is 0.550. The summed E-state index contributed by atoms with van der Waals surface area (Å²) in [6, 6.07) is 8.12. The Balaban J connectivity index is 1.80. The highest BCUT2D eigenvalue weighted by molar-refractivity contribution is 6.30. The zero-order valence-electron chi connectivity index (χ0n) is 13.5. The molecule has 2 heteroatoms.